The molecule has 0 radical (unpaired) electrons. The van der Waals surface area contributed by atoms with Gasteiger partial charge in [-0.05, 0) is 19.1 Å². The van der Waals surface area contributed by atoms with Crippen LogP contribution in [0, 0.1) is 0 Å². The van der Waals surface area contributed by atoms with E-state index in [-0.39, 0.29) is 24.5 Å². The predicted molar refractivity (Wildman–Crippen MR) is 89.2 cm³/mol. The summed E-state index contributed by atoms with van der Waals surface area (Å²) in [5.41, 5.74) is 1.63. The summed E-state index contributed by atoms with van der Waals surface area (Å²) < 4.78 is 5.98. The molecular weight excluding hydrogens is 304 g/mol. The van der Waals surface area contributed by atoms with Gasteiger partial charge in [-0.1, -0.05) is 48.5 Å². The number of benzene rings is 2. The van der Waals surface area contributed by atoms with Crippen LogP contribution in [0.25, 0.3) is 0 Å². The highest BCUT2D eigenvalue weighted by atomic mass is 16.5. The second-order valence-electron chi connectivity index (χ2n) is 6.11. The Hall–Kier alpha value is -2.66. The number of anilines is 1. The van der Waals surface area contributed by atoms with E-state index >= 15 is 0 Å². The zero-order chi connectivity index (χ0) is 16.7. The second kappa shape index (κ2) is 5.76. The molecule has 0 spiro atoms. The number of piperazine rings is 1. The Morgan fingerprint density at radius 3 is 2.25 bits per heavy atom. The number of rotatable bonds is 2. The number of ether oxygens (including phenoxy) is 1. The van der Waals surface area contributed by atoms with Crippen molar-refractivity contribution >= 4 is 17.5 Å². The zero-order valence-corrected chi connectivity index (χ0v) is 13.3. The maximum absolute atomic E-state index is 13.0. The number of carbonyl (C=O) groups excluding carboxylic acids is 2. The van der Waals surface area contributed by atoms with E-state index in [0.29, 0.717) is 0 Å². The molecule has 0 N–H and O–H groups in total. The van der Waals surface area contributed by atoms with Crippen molar-refractivity contribution in [2.24, 2.45) is 0 Å². The molecule has 3 atom stereocenters. The SMILES string of the molecule is C[C@H]1O[C@H](c2ccccc2)N2C(=O)CN(c3ccccc3)C(=O)[C@H]12. The molecular formula is C19H18N2O3. The van der Waals surface area contributed by atoms with E-state index in [0.717, 1.165) is 11.3 Å². The van der Waals surface area contributed by atoms with Crippen molar-refractivity contribution in [2.45, 2.75) is 25.3 Å². The average Bonchev–Trinajstić information content (AvgIpc) is 2.98. The van der Waals surface area contributed by atoms with E-state index in [2.05, 4.69) is 0 Å². The van der Waals surface area contributed by atoms with Crippen molar-refractivity contribution in [3.63, 3.8) is 0 Å². The topological polar surface area (TPSA) is 49.9 Å². The highest BCUT2D eigenvalue weighted by Gasteiger charge is 2.52. The van der Waals surface area contributed by atoms with Gasteiger partial charge in [0.05, 0.1) is 6.10 Å². The van der Waals surface area contributed by atoms with Crippen LogP contribution in [-0.2, 0) is 14.3 Å². The number of amides is 2. The third-order valence-corrected chi connectivity index (χ3v) is 4.59. The summed E-state index contributed by atoms with van der Waals surface area (Å²) >= 11 is 0. The number of hydrogen-bond donors (Lipinski definition) is 0. The predicted octanol–water partition coefficient (Wildman–Crippen LogP) is 2.35. The molecule has 2 aliphatic rings. The summed E-state index contributed by atoms with van der Waals surface area (Å²) in [5, 5.41) is 0. The first-order chi connectivity index (χ1) is 11.7. The molecule has 0 aliphatic carbocycles. The molecule has 0 bridgehead atoms. The Morgan fingerprint density at radius 1 is 0.958 bits per heavy atom. The maximum atomic E-state index is 13.0. The van der Waals surface area contributed by atoms with Gasteiger partial charge in [-0.25, -0.2) is 0 Å². The van der Waals surface area contributed by atoms with Gasteiger partial charge in [0.2, 0.25) is 5.91 Å². The molecule has 5 heteroatoms. The Kier molecular flexibility index (Phi) is 3.58. The van der Waals surface area contributed by atoms with Gasteiger partial charge in [-0.15, -0.1) is 0 Å². The minimum absolute atomic E-state index is 0.0404. The lowest BCUT2D eigenvalue weighted by Gasteiger charge is -2.38. The third kappa shape index (κ3) is 2.29. The van der Waals surface area contributed by atoms with Crippen LogP contribution in [-0.4, -0.2) is 35.4 Å². The molecule has 2 heterocycles. The molecule has 24 heavy (non-hydrogen) atoms. The van der Waals surface area contributed by atoms with Crippen LogP contribution in [0.3, 0.4) is 0 Å². The Bertz CT molecular complexity index is 763. The monoisotopic (exact) mass is 322 g/mol. The molecule has 122 valence electrons. The van der Waals surface area contributed by atoms with Crippen LogP contribution in [0.5, 0.6) is 0 Å². The molecule has 0 saturated carbocycles. The van der Waals surface area contributed by atoms with E-state index in [4.69, 9.17) is 4.74 Å². The van der Waals surface area contributed by atoms with Gasteiger partial charge in [0, 0.05) is 11.3 Å². The lowest BCUT2D eigenvalue weighted by molar-refractivity contribution is -0.145. The fraction of sp³-hybridized carbons (Fsp3) is 0.263. The molecule has 2 fully saturated rings. The fourth-order valence-electron chi connectivity index (χ4n) is 3.46. The number of para-hydroxylation sites is 1. The first-order valence-electron chi connectivity index (χ1n) is 8.05. The van der Waals surface area contributed by atoms with Crippen molar-refractivity contribution in [3.05, 3.63) is 66.2 Å². The molecule has 2 amide bonds. The van der Waals surface area contributed by atoms with Crippen LogP contribution in [0.4, 0.5) is 5.69 Å². The normalized spacial score (nSPS) is 26.6. The lowest BCUT2D eigenvalue weighted by Crippen LogP contribution is -2.60. The lowest BCUT2D eigenvalue weighted by atomic mass is 10.0. The first kappa shape index (κ1) is 14.9. The first-order valence-corrected chi connectivity index (χ1v) is 8.05. The van der Waals surface area contributed by atoms with Gasteiger partial charge >= 0.3 is 0 Å². The summed E-state index contributed by atoms with van der Waals surface area (Å²) in [5.74, 6) is -0.187. The molecule has 0 aromatic heterocycles. The highest BCUT2D eigenvalue weighted by Crippen LogP contribution is 2.38. The number of carbonyl (C=O) groups is 2. The van der Waals surface area contributed by atoms with Crippen molar-refractivity contribution in [1.82, 2.24) is 4.90 Å². The molecule has 0 unspecified atom stereocenters. The van der Waals surface area contributed by atoms with Crippen molar-refractivity contribution in [3.8, 4) is 0 Å². The Balaban J connectivity index is 1.68. The van der Waals surface area contributed by atoms with Crippen LogP contribution in [0.2, 0.25) is 0 Å². The highest BCUT2D eigenvalue weighted by molar-refractivity contribution is 6.07. The molecule has 2 aromatic carbocycles. The fourth-order valence-corrected chi connectivity index (χ4v) is 3.46. The van der Waals surface area contributed by atoms with Gasteiger partial charge in [0.1, 0.15) is 12.6 Å². The Labute approximate surface area is 140 Å². The van der Waals surface area contributed by atoms with E-state index in [1.165, 1.54) is 0 Å². The van der Waals surface area contributed by atoms with Gasteiger partial charge in [0.15, 0.2) is 6.23 Å². The van der Waals surface area contributed by atoms with E-state index in [1.54, 1.807) is 9.80 Å². The summed E-state index contributed by atoms with van der Waals surface area (Å²) in [7, 11) is 0. The minimum atomic E-state index is -0.586. The second-order valence-corrected chi connectivity index (χ2v) is 6.11. The standard InChI is InChI=1S/C19H18N2O3/c1-13-17-18(23)20(15-10-6-3-7-11-15)12-16(22)21(17)19(24-13)14-8-4-2-5-9-14/h2-11,13,17,19H,12H2,1H3/t13-,17+,19-/m1/s1. The minimum Gasteiger partial charge on any atom is -0.348 e. The number of fused-ring (bicyclic) bond motifs is 1. The van der Waals surface area contributed by atoms with Crippen molar-refractivity contribution < 1.29 is 14.3 Å². The summed E-state index contributed by atoms with van der Waals surface area (Å²) in [6, 6.07) is 18.3. The molecule has 4 rings (SSSR count). The maximum Gasteiger partial charge on any atom is 0.253 e. The van der Waals surface area contributed by atoms with Crippen LogP contribution >= 0.6 is 0 Å². The van der Waals surface area contributed by atoms with E-state index < -0.39 is 12.3 Å². The molecule has 2 saturated heterocycles. The zero-order valence-electron chi connectivity index (χ0n) is 13.3. The summed E-state index contributed by atoms with van der Waals surface area (Å²) in [4.78, 5) is 28.9. The van der Waals surface area contributed by atoms with Crippen LogP contribution in [0.1, 0.15) is 18.7 Å². The smallest absolute Gasteiger partial charge is 0.253 e. The number of nitrogens with zero attached hydrogens (tertiary/aromatic N) is 2. The van der Waals surface area contributed by atoms with Crippen molar-refractivity contribution in [2.75, 3.05) is 11.4 Å². The van der Waals surface area contributed by atoms with Gasteiger partial charge in [-0.3, -0.25) is 14.5 Å². The average molecular weight is 322 g/mol. The van der Waals surface area contributed by atoms with Gasteiger partial charge in [-0.2, -0.15) is 0 Å². The Morgan fingerprint density at radius 2 is 1.58 bits per heavy atom. The van der Waals surface area contributed by atoms with E-state index in [9.17, 15) is 9.59 Å². The molecule has 2 aliphatic heterocycles. The largest absolute Gasteiger partial charge is 0.348 e. The quantitative estimate of drug-likeness (QED) is 0.853. The van der Waals surface area contributed by atoms with Crippen LogP contribution in [0.15, 0.2) is 60.7 Å². The summed E-state index contributed by atoms with van der Waals surface area (Å²) in [6.45, 7) is 1.89. The van der Waals surface area contributed by atoms with Gasteiger partial charge in [0.25, 0.3) is 5.91 Å². The summed E-state index contributed by atoms with van der Waals surface area (Å²) in [6.07, 6.45) is -0.848. The molecule has 5 nitrogen and oxygen atoms in total. The van der Waals surface area contributed by atoms with Gasteiger partial charge < -0.3 is 9.64 Å². The van der Waals surface area contributed by atoms with Crippen molar-refractivity contribution in [1.29, 1.82) is 0 Å². The molecule has 2 aromatic rings. The third-order valence-electron chi connectivity index (χ3n) is 4.59. The van der Waals surface area contributed by atoms with Crippen LogP contribution < -0.4 is 4.90 Å². The van der Waals surface area contributed by atoms with E-state index in [1.807, 2.05) is 67.6 Å². The number of hydrogen-bond acceptors (Lipinski definition) is 3.